The van der Waals surface area contributed by atoms with Gasteiger partial charge in [-0.1, -0.05) is 69.2 Å². The number of hydrogen-bond donors (Lipinski definition) is 1. The maximum absolute atomic E-state index is 6.83. The molecule has 6 fully saturated rings. The highest BCUT2D eigenvalue weighted by molar-refractivity contribution is 5.24. The summed E-state index contributed by atoms with van der Waals surface area (Å²) in [7, 11) is 0. The minimum absolute atomic E-state index is 0.108. The molecule has 30 heavy (non-hydrogen) atoms. The first-order valence-corrected chi connectivity index (χ1v) is 12.8. The van der Waals surface area contributed by atoms with Crippen LogP contribution in [0, 0.1) is 32.5 Å². The Hall–Kier alpha value is -0.0800. The molecule has 174 valence electrons. The molecule has 0 unspecified atom stereocenters. The number of fused-ring (bicyclic) bond motifs is 4. The number of ether oxygens (including phenoxy) is 1. The Balaban J connectivity index is 1.42. The first-order chi connectivity index (χ1) is 13.4. The van der Waals surface area contributed by atoms with Crippen molar-refractivity contribution in [2.24, 2.45) is 32.5 Å². The van der Waals surface area contributed by atoms with Gasteiger partial charge in [0.1, 0.15) is 0 Å². The molecule has 2 heteroatoms. The lowest BCUT2D eigenvalue weighted by molar-refractivity contribution is -0.255. The third-order valence-electron chi connectivity index (χ3n) is 11.8. The normalized spacial score (nSPS) is 41.8. The van der Waals surface area contributed by atoms with Gasteiger partial charge in [0.25, 0.3) is 0 Å². The predicted octanol–water partition coefficient (Wildman–Crippen LogP) is 7.36. The lowest BCUT2D eigenvalue weighted by Gasteiger charge is -2.63. The number of hydrogen-bond acceptors (Lipinski definition) is 2. The van der Waals surface area contributed by atoms with Crippen LogP contribution < -0.4 is 5.32 Å². The van der Waals surface area contributed by atoms with Crippen LogP contribution >= 0.6 is 0 Å². The Kier molecular flexibility index (Phi) is 4.83. The van der Waals surface area contributed by atoms with Crippen molar-refractivity contribution in [2.75, 3.05) is 13.2 Å². The van der Waals surface area contributed by atoms with E-state index in [9.17, 15) is 0 Å². The van der Waals surface area contributed by atoms with Crippen LogP contribution in [0.1, 0.15) is 121 Å². The minimum Gasteiger partial charge on any atom is -0.374 e. The van der Waals surface area contributed by atoms with Crippen LogP contribution in [0.25, 0.3) is 0 Å². The average molecular weight is 418 g/mol. The Bertz CT molecular complexity index is 656. The van der Waals surface area contributed by atoms with E-state index in [2.05, 4.69) is 74.6 Å². The van der Waals surface area contributed by atoms with Crippen molar-refractivity contribution in [1.82, 2.24) is 5.32 Å². The summed E-state index contributed by atoms with van der Waals surface area (Å²) in [6.45, 7) is 26.9. The molecular weight excluding hydrogens is 366 g/mol. The number of nitrogens with one attached hydrogen (secondary N) is 1. The molecule has 1 N–H and O–H groups in total. The average Bonchev–Trinajstić information content (AvgIpc) is 3.20. The second-order valence-electron chi connectivity index (χ2n) is 15.4. The van der Waals surface area contributed by atoms with Crippen molar-refractivity contribution in [2.45, 2.75) is 132 Å². The molecule has 2 nitrogen and oxygen atoms in total. The molecular formula is C28H51NO. The first-order valence-electron chi connectivity index (χ1n) is 12.8. The van der Waals surface area contributed by atoms with Crippen LogP contribution in [0.4, 0.5) is 0 Å². The summed E-state index contributed by atoms with van der Waals surface area (Å²) in [4.78, 5) is 0. The zero-order valence-corrected chi connectivity index (χ0v) is 22.0. The molecule has 0 aromatic carbocycles. The summed E-state index contributed by atoms with van der Waals surface area (Å²) >= 11 is 0. The van der Waals surface area contributed by atoms with Crippen LogP contribution in [0.3, 0.4) is 0 Å². The molecule has 0 spiro atoms. The Labute approximate surface area is 187 Å². The molecule has 0 aromatic heterocycles. The van der Waals surface area contributed by atoms with E-state index in [-0.39, 0.29) is 11.0 Å². The van der Waals surface area contributed by atoms with Gasteiger partial charge in [0, 0.05) is 12.1 Å². The Morgan fingerprint density at radius 2 is 1.20 bits per heavy atom. The molecule has 6 aliphatic rings. The highest BCUT2D eigenvalue weighted by Gasteiger charge is 2.69. The fourth-order valence-corrected chi connectivity index (χ4v) is 7.86. The lowest BCUT2D eigenvalue weighted by Crippen LogP contribution is -2.62. The van der Waals surface area contributed by atoms with E-state index < -0.39 is 0 Å². The Morgan fingerprint density at radius 3 is 1.60 bits per heavy atom. The SMILES string of the molecule is CC(C)(C)C12CCC(C(C)(C)CCC(C)(C)C34CNC(C(C)(C)C)(C3)C4)(CC1)OC2. The van der Waals surface area contributed by atoms with E-state index in [1.54, 1.807) is 0 Å². The highest BCUT2D eigenvalue weighted by atomic mass is 16.5. The van der Waals surface area contributed by atoms with Crippen LogP contribution in [0.5, 0.6) is 0 Å². The Morgan fingerprint density at radius 1 is 0.667 bits per heavy atom. The summed E-state index contributed by atoms with van der Waals surface area (Å²) in [5, 5.41) is 3.97. The van der Waals surface area contributed by atoms with Gasteiger partial charge in [-0.3, -0.25) is 0 Å². The van der Waals surface area contributed by atoms with E-state index in [0.717, 1.165) is 6.61 Å². The monoisotopic (exact) mass is 417 g/mol. The van der Waals surface area contributed by atoms with Crippen LogP contribution in [-0.2, 0) is 4.74 Å². The molecule has 2 aliphatic carbocycles. The van der Waals surface area contributed by atoms with Crippen molar-refractivity contribution in [3.63, 3.8) is 0 Å². The molecule has 0 radical (unpaired) electrons. The van der Waals surface area contributed by atoms with Crippen molar-refractivity contribution in [3.8, 4) is 0 Å². The standard InChI is InChI=1S/C28H51NO/c1-21(2,3)25-13-15-28(16-14-25,30-20-25)24(9,10)12-11-23(7,8)26-17-27(18-26,29-19-26)22(4,5)6/h29H,11-20H2,1-10H3. The minimum atomic E-state index is 0.108. The fourth-order valence-electron chi connectivity index (χ4n) is 7.86. The zero-order valence-electron chi connectivity index (χ0n) is 22.0. The van der Waals surface area contributed by atoms with E-state index in [1.807, 2.05) is 0 Å². The summed E-state index contributed by atoms with van der Waals surface area (Å²) in [6.07, 6.45) is 10.6. The third kappa shape index (κ3) is 2.94. The van der Waals surface area contributed by atoms with Crippen LogP contribution in [-0.4, -0.2) is 24.3 Å². The second-order valence-corrected chi connectivity index (χ2v) is 15.4. The van der Waals surface area contributed by atoms with Gasteiger partial charge in [-0.25, -0.2) is 0 Å². The summed E-state index contributed by atoms with van der Waals surface area (Å²) in [5.74, 6) is 0. The van der Waals surface area contributed by atoms with Gasteiger partial charge in [-0.15, -0.1) is 0 Å². The molecule has 0 aromatic rings. The number of rotatable bonds is 5. The molecule has 4 aliphatic heterocycles. The molecule has 4 heterocycles. The van der Waals surface area contributed by atoms with E-state index in [4.69, 9.17) is 4.74 Å². The van der Waals surface area contributed by atoms with Gasteiger partial charge < -0.3 is 10.1 Å². The van der Waals surface area contributed by atoms with Gasteiger partial charge >= 0.3 is 0 Å². The first kappa shape index (κ1) is 23.1. The van der Waals surface area contributed by atoms with Crippen LogP contribution in [0.15, 0.2) is 0 Å². The summed E-state index contributed by atoms with van der Waals surface area (Å²) in [5.41, 5.74) is 2.74. The molecule has 6 rings (SSSR count). The van der Waals surface area contributed by atoms with Gasteiger partial charge in [0.15, 0.2) is 0 Å². The predicted molar refractivity (Wildman–Crippen MR) is 128 cm³/mol. The smallest absolute Gasteiger partial charge is 0.0733 e. The highest BCUT2D eigenvalue weighted by Crippen LogP contribution is 2.69. The third-order valence-corrected chi connectivity index (χ3v) is 11.8. The quantitative estimate of drug-likeness (QED) is 0.504. The maximum atomic E-state index is 6.83. The molecule has 0 atom stereocenters. The molecule has 4 bridgehead atoms. The van der Waals surface area contributed by atoms with E-state index in [0.29, 0.717) is 32.6 Å². The maximum Gasteiger partial charge on any atom is 0.0733 e. The van der Waals surface area contributed by atoms with Crippen molar-refractivity contribution in [3.05, 3.63) is 0 Å². The second kappa shape index (κ2) is 6.28. The van der Waals surface area contributed by atoms with Gasteiger partial charge in [-0.05, 0) is 83.9 Å². The van der Waals surface area contributed by atoms with Crippen LogP contribution in [0.2, 0.25) is 0 Å². The van der Waals surface area contributed by atoms with Gasteiger partial charge in [0.05, 0.1) is 12.2 Å². The molecule has 2 saturated carbocycles. The van der Waals surface area contributed by atoms with E-state index in [1.165, 1.54) is 57.9 Å². The van der Waals surface area contributed by atoms with Crippen molar-refractivity contribution >= 4 is 0 Å². The summed E-state index contributed by atoms with van der Waals surface area (Å²) in [6, 6.07) is 0. The fraction of sp³-hybridized carbons (Fsp3) is 1.00. The topological polar surface area (TPSA) is 21.3 Å². The lowest BCUT2D eigenvalue weighted by atomic mass is 9.45. The van der Waals surface area contributed by atoms with Gasteiger partial charge in [-0.2, -0.15) is 0 Å². The molecule has 4 saturated heterocycles. The summed E-state index contributed by atoms with van der Waals surface area (Å²) < 4.78 is 6.83. The van der Waals surface area contributed by atoms with E-state index >= 15 is 0 Å². The van der Waals surface area contributed by atoms with Crippen molar-refractivity contribution < 1.29 is 4.74 Å². The zero-order chi connectivity index (χ0) is 22.5. The molecule has 0 amide bonds. The largest absolute Gasteiger partial charge is 0.374 e. The van der Waals surface area contributed by atoms with Gasteiger partial charge in [0.2, 0.25) is 0 Å². The van der Waals surface area contributed by atoms with Crippen molar-refractivity contribution in [1.29, 1.82) is 0 Å².